The molecular weight excluding hydrogens is 372 g/mol. The summed E-state index contributed by atoms with van der Waals surface area (Å²) in [6, 6.07) is 18.8. The summed E-state index contributed by atoms with van der Waals surface area (Å²) in [5.41, 5.74) is 2.64. The van der Waals surface area contributed by atoms with Gasteiger partial charge in [-0.3, -0.25) is 9.59 Å². The number of hydrogen-bond acceptors (Lipinski definition) is 5. The van der Waals surface area contributed by atoms with E-state index >= 15 is 0 Å². The minimum absolute atomic E-state index is 0.160. The third kappa shape index (κ3) is 3.65. The first-order valence-electron chi connectivity index (χ1n) is 8.75. The molecule has 0 radical (unpaired) electrons. The minimum Gasteiger partial charge on any atom is -0.355 e. The lowest BCUT2D eigenvalue weighted by Gasteiger charge is -2.19. The van der Waals surface area contributed by atoms with Gasteiger partial charge < -0.3 is 15.2 Å². The zero-order valence-corrected chi connectivity index (χ0v) is 16.0. The highest BCUT2D eigenvalue weighted by Gasteiger charge is 2.17. The van der Waals surface area contributed by atoms with Crippen molar-refractivity contribution in [1.29, 1.82) is 0 Å². The van der Waals surface area contributed by atoms with E-state index in [0.29, 0.717) is 21.6 Å². The van der Waals surface area contributed by atoms with Gasteiger partial charge in [-0.2, -0.15) is 0 Å². The fourth-order valence-corrected chi connectivity index (χ4v) is 3.68. The lowest BCUT2D eigenvalue weighted by molar-refractivity contribution is 0.0782. The van der Waals surface area contributed by atoms with E-state index in [0.717, 1.165) is 11.4 Å². The third-order valence-electron chi connectivity index (χ3n) is 4.31. The van der Waals surface area contributed by atoms with Gasteiger partial charge in [0, 0.05) is 12.7 Å². The quantitative estimate of drug-likeness (QED) is 0.540. The fraction of sp³-hybridized carbons (Fsp3) is 0.0952. The van der Waals surface area contributed by atoms with E-state index in [1.807, 2.05) is 53.9 Å². The number of nitrogens with one attached hydrogen (secondary N) is 2. The van der Waals surface area contributed by atoms with E-state index < -0.39 is 0 Å². The van der Waals surface area contributed by atoms with Crippen LogP contribution in [-0.4, -0.2) is 27.8 Å². The molecule has 2 aromatic heterocycles. The number of para-hydroxylation sites is 2. The monoisotopic (exact) mass is 390 g/mol. The second-order valence-electron chi connectivity index (χ2n) is 6.35. The maximum atomic E-state index is 13.0. The Bertz CT molecular complexity index is 1180. The summed E-state index contributed by atoms with van der Waals surface area (Å²) in [6.07, 6.45) is 0. The first-order valence-corrected chi connectivity index (χ1v) is 9.63. The van der Waals surface area contributed by atoms with Crippen molar-refractivity contribution < 1.29 is 4.79 Å². The Morgan fingerprint density at radius 2 is 1.86 bits per heavy atom. The number of nitrogens with zero attached hydrogens (tertiary/aromatic N) is 2. The summed E-state index contributed by atoms with van der Waals surface area (Å²) in [4.78, 5) is 33.9. The van der Waals surface area contributed by atoms with Crippen molar-refractivity contribution in [3.05, 3.63) is 87.8 Å². The van der Waals surface area contributed by atoms with E-state index in [9.17, 15) is 9.59 Å². The van der Waals surface area contributed by atoms with Crippen LogP contribution in [0.15, 0.2) is 70.8 Å². The van der Waals surface area contributed by atoms with Gasteiger partial charge in [0.1, 0.15) is 10.5 Å². The molecule has 6 nitrogen and oxygen atoms in total. The molecule has 28 heavy (non-hydrogen) atoms. The predicted molar refractivity (Wildman–Crippen MR) is 112 cm³/mol. The van der Waals surface area contributed by atoms with Crippen LogP contribution in [0.2, 0.25) is 0 Å². The highest BCUT2D eigenvalue weighted by atomic mass is 32.1. The Kier molecular flexibility index (Phi) is 4.90. The van der Waals surface area contributed by atoms with Crippen molar-refractivity contribution in [1.82, 2.24) is 14.9 Å². The second kappa shape index (κ2) is 7.66. The van der Waals surface area contributed by atoms with E-state index in [2.05, 4.69) is 15.3 Å². The van der Waals surface area contributed by atoms with E-state index in [-0.39, 0.29) is 18.0 Å². The van der Waals surface area contributed by atoms with Gasteiger partial charge in [-0.25, -0.2) is 4.98 Å². The summed E-state index contributed by atoms with van der Waals surface area (Å²) in [6.45, 7) is 0.208. The number of H-pyrrole nitrogens is 1. The highest BCUT2D eigenvalue weighted by Crippen LogP contribution is 2.22. The third-order valence-corrected chi connectivity index (χ3v) is 5.21. The molecule has 2 aromatic carbocycles. The molecule has 0 unspecified atom stereocenters. The van der Waals surface area contributed by atoms with Crippen LogP contribution in [-0.2, 0) is 6.54 Å². The maximum Gasteiger partial charge on any atom is 0.268 e. The van der Waals surface area contributed by atoms with E-state index in [1.165, 1.54) is 11.3 Å². The van der Waals surface area contributed by atoms with E-state index in [1.54, 1.807) is 24.1 Å². The molecule has 0 aliphatic rings. The van der Waals surface area contributed by atoms with Crippen molar-refractivity contribution in [2.45, 2.75) is 6.54 Å². The minimum atomic E-state index is -0.179. The number of thiophene rings is 1. The second-order valence-corrected chi connectivity index (χ2v) is 7.26. The number of anilines is 2. The number of hydrogen-bond donors (Lipinski definition) is 2. The average Bonchev–Trinajstić information content (AvgIpc) is 3.18. The molecule has 140 valence electrons. The van der Waals surface area contributed by atoms with Gasteiger partial charge in [0.25, 0.3) is 11.5 Å². The molecule has 4 rings (SSSR count). The number of benzene rings is 2. The molecule has 0 saturated carbocycles. The highest BCUT2D eigenvalue weighted by molar-refractivity contribution is 7.17. The maximum absolute atomic E-state index is 13.0. The van der Waals surface area contributed by atoms with Crippen LogP contribution in [0.1, 0.15) is 16.2 Å². The van der Waals surface area contributed by atoms with Crippen molar-refractivity contribution in [3.63, 3.8) is 0 Å². The van der Waals surface area contributed by atoms with Crippen LogP contribution in [0.3, 0.4) is 0 Å². The smallest absolute Gasteiger partial charge is 0.268 e. The molecule has 7 heteroatoms. The zero-order valence-electron chi connectivity index (χ0n) is 15.2. The van der Waals surface area contributed by atoms with Crippen molar-refractivity contribution in [2.75, 3.05) is 12.4 Å². The largest absolute Gasteiger partial charge is 0.355 e. The van der Waals surface area contributed by atoms with Crippen molar-refractivity contribution >= 4 is 38.8 Å². The first kappa shape index (κ1) is 17.9. The molecule has 0 fully saturated rings. The van der Waals surface area contributed by atoms with Crippen LogP contribution in [0.25, 0.3) is 10.2 Å². The number of amides is 1. The molecule has 0 atom stereocenters. The number of carbonyl (C=O) groups excluding carboxylic acids is 1. The number of carbonyl (C=O) groups is 1. The van der Waals surface area contributed by atoms with Crippen LogP contribution in [0.5, 0.6) is 0 Å². The zero-order chi connectivity index (χ0) is 19.5. The molecule has 4 aromatic rings. The van der Waals surface area contributed by atoms with Gasteiger partial charge in [-0.05, 0) is 35.7 Å². The Morgan fingerprint density at radius 3 is 2.68 bits per heavy atom. The molecule has 2 N–H and O–H groups in total. The molecule has 1 amide bonds. The standard InChI is InChI=1S/C21H18N4O2S/c1-25(13-18-23-17-11-12-28-19(17)20(26)24-18)21(27)15-9-5-6-10-16(15)22-14-7-3-2-4-8-14/h2-12,22H,13H2,1H3,(H,23,24,26). The Morgan fingerprint density at radius 1 is 1.11 bits per heavy atom. The van der Waals surface area contributed by atoms with Crippen molar-refractivity contribution in [3.8, 4) is 0 Å². The summed E-state index contributed by atoms with van der Waals surface area (Å²) in [5.74, 6) is 0.298. The van der Waals surface area contributed by atoms with Crippen molar-refractivity contribution in [2.24, 2.45) is 0 Å². The number of aromatic amines is 1. The van der Waals surface area contributed by atoms with Gasteiger partial charge in [0.15, 0.2) is 0 Å². The summed E-state index contributed by atoms with van der Waals surface area (Å²) in [7, 11) is 1.69. The van der Waals surface area contributed by atoms with Gasteiger partial charge in [0.05, 0.1) is 23.3 Å². The topological polar surface area (TPSA) is 78.1 Å². The predicted octanol–water partition coefficient (Wildman–Crippen LogP) is 4.00. The number of aromatic nitrogens is 2. The molecule has 0 saturated heterocycles. The normalized spacial score (nSPS) is 10.8. The number of fused-ring (bicyclic) bond motifs is 1. The lowest BCUT2D eigenvalue weighted by atomic mass is 10.1. The lowest BCUT2D eigenvalue weighted by Crippen LogP contribution is -2.28. The Hall–Kier alpha value is -3.45. The van der Waals surface area contributed by atoms with Crippen LogP contribution in [0.4, 0.5) is 11.4 Å². The van der Waals surface area contributed by atoms with Crippen LogP contribution < -0.4 is 10.9 Å². The summed E-state index contributed by atoms with van der Waals surface area (Å²) in [5, 5.41) is 5.11. The molecule has 2 heterocycles. The number of rotatable bonds is 5. The molecule has 0 bridgehead atoms. The van der Waals surface area contributed by atoms with E-state index in [4.69, 9.17) is 0 Å². The fourth-order valence-electron chi connectivity index (χ4n) is 2.95. The summed E-state index contributed by atoms with van der Waals surface area (Å²) >= 11 is 1.35. The molecule has 0 spiro atoms. The van der Waals surface area contributed by atoms with Gasteiger partial charge >= 0.3 is 0 Å². The van der Waals surface area contributed by atoms with Gasteiger partial charge in [-0.15, -0.1) is 11.3 Å². The summed E-state index contributed by atoms with van der Waals surface area (Å²) < 4.78 is 0.593. The Labute approximate surface area is 165 Å². The molecular formula is C21H18N4O2S. The van der Waals surface area contributed by atoms with Crippen LogP contribution in [0, 0.1) is 0 Å². The first-order chi connectivity index (χ1) is 13.6. The molecule has 0 aliphatic heterocycles. The SMILES string of the molecule is CN(Cc1nc2ccsc2c(=O)[nH]1)C(=O)c1ccccc1Nc1ccccc1. The van der Waals surface area contributed by atoms with Gasteiger partial charge in [0.2, 0.25) is 0 Å². The van der Waals surface area contributed by atoms with Gasteiger partial charge in [-0.1, -0.05) is 30.3 Å². The average molecular weight is 390 g/mol. The van der Waals surface area contributed by atoms with Crippen LogP contribution >= 0.6 is 11.3 Å². The Balaban J connectivity index is 1.57. The molecule has 0 aliphatic carbocycles.